The van der Waals surface area contributed by atoms with Gasteiger partial charge >= 0.3 is 0 Å². The van der Waals surface area contributed by atoms with Crippen molar-refractivity contribution in [2.45, 2.75) is 20.4 Å². The minimum absolute atomic E-state index is 0.193. The summed E-state index contributed by atoms with van der Waals surface area (Å²) in [4.78, 5) is 5.79. The molecule has 0 radical (unpaired) electrons. The minimum Gasteiger partial charge on any atom is -0.341 e. The molecule has 0 amide bonds. The third-order valence-corrected chi connectivity index (χ3v) is 4.17. The second-order valence-corrected chi connectivity index (χ2v) is 5.68. The van der Waals surface area contributed by atoms with Gasteiger partial charge in [-0.05, 0) is 38.1 Å². The highest BCUT2D eigenvalue weighted by molar-refractivity contribution is 7.11. The minimum atomic E-state index is -0.193. The molecule has 2 aromatic heterocycles. The Morgan fingerprint density at radius 2 is 2.11 bits per heavy atom. The van der Waals surface area contributed by atoms with E-state index in [1.165, 1.54) is 10.9 Å². The van der Waals surface area contributed by atoms with Gasteiger partial charge in [-0.3, -0.25) is 0 Å². The summed E-state index contributed by atoms with van der Waals surface area (Å²) in [5.41, 5.74) is 2.14. The zero-order valence-electron chi connectivity index (χ0n) is 10.3. The molecule has 0 fully saturated rings. The van der Waals surface area contributed by atoms with Crippen LogP contribution >= 0.6 is 11.3 Å². The molecule has 92 valence electrons. The lowest BCUT2D eigenvalue weighted by molar-refractivity contribution is 0.629. The first-order chi connectivity index (χ1) is 8.63. The number of hydrogen-bond acceptors (Lipinski definition) is 2. The summed E-state index contributed by atoms with van der Waals surface area (Å²) in [5.74, 6) is -0.193. The molecule has 0 unspecified atom stereocenters. The van der Waals surface area contributed by atoms with Crippen molar-refractivity contribution in [3.05, 3.63) is 51.9 Å². The van der Waals surface area contributed by atoms with Gasteiger partial charge in [-0.2, -0.15) is 0 Å². The van der Waals surface area contributed by atoms with Crippen molar-refractivity contribution in [3.8, 4) is 0 Å². The molecule has 2 nitrogen and oxygen atoms in total. The van der Waals surface area contributed by atoms with Crippen LogP contribution in [0.5, 0.6) is 0 Å². The van der Waals surface area contributed by atoms with Crippen LogP contribution in [0, 0.1) is 19.7 Å². The smallest absolute Gasteiger partial charge is 0.123 e. The molecular weight excluding hydrogens is 247 g/mol. The van der Waals surface area contributed by atoms with E-state index in [2.05, 4.69) is 16.5 Å². The quantitative estimate of drug-likeness (QED) is 0.683. The van der Waals surface area contributed by atoms with Gasteiger partial charge in [0.15, 0.2) is 0 Å². The number of rotatable bonds is 2. The lowest BCUT2D eigenvalue weighted by Gasteiger charge is -2.02. The molecule has 0 aliphatic heterocycles. The fraction of sp³-hybridized carbons (Fsp3) is 0.214. The third-order valence-electron chi connectivity index (χ3n) is 3.11. The average molecular weight is 260 g/mol. The predicted octanol–water partition coefficient (Wildman–Crippen LogP) is 3.90. The number of nitrogens with zero attached hydrogens (tertiary/aromatic N) is 2. The van der Waals surface area contributed by atoms with Crippen LogP contribution < -0.4 is 0 Å². The summed E-state index contributed by atoms with van der Waals surface area (Å²) in [6, 6.07) is 6.81. The maximum absolute atomic E-state index is 13.1. The van der Waals surface area contributed by atoms with E-state index < -0.39 is 0 Å². The van der Waals surface area contributed by atoms with Crippen LogP contribution in [-0.4, -0.2) is 9.55 Å². The molecule has 0 bridgehead atoms. The van der Waals surface area contributed by atoms with E-state index in [0.717, 1.165) is 28.1 Å². The summed E-state index contributed by atoms with van der Waals surface area (Å²) in [7, 11) is 0. The number of benzene rings is 1. The molecule has 0 aliphatic rings. The molecule has 0 atom stereocenters. The summed E-state index contributed by atoms with van der Waals surface area (Å²) < 4.78 is 15.2. The second kappa shape index (κ2) is 4.21. The van der Waals surface area contributed by atoms with Crippen molar-refractivity contribution in [2.24, 2.45) is 0 Å². The zero-order valence-corrected chi connectivity index (χ0v) is 11.1. The standard InChI is InChI=1S/C14H13FN2S/c1-9-10(2)18-14(16-9)8-17-6-5-11-7-12(15)3-4-13(11)17/h3-7H,8H2,1-2H3. The van der Waals surface area contributed by atoms with E-state index >= 15 is 0 Å². The zero-order chi connectivity index (χ0) is 12.7. The molecule has 0 N–H and O–H groups in total. The summed E-state index contributed by atoms with van der Waals surface area (Å²) in [6.07, 6.45) is 1.98. The van der Waals surface area contributed by atoms with Crippen molar-refractivity contribution in [3.63, 3.8) is 0 Å². The van der Waals surface area contributed by atoms with E-state index in [1.54, 1.807) is 17.4 Å². The fourth-order valence-corrected chi connectivity index (χ4v) is 2.99. The number of aryl methyl sites for hydroxylation is 2. The topological polar surface area (TPSA) is 17.8 Å². The SMILES string of the molecule is Cc1nc(Cn2ccc3cc(F)ccc32)sc1C. The molecular formula is C14H13FN2S. The van der Waals surface area contributed by atoms with Crippen LogP contribution in [0.4, 0.5) is 4.39 Å². The Morgan fingerprint density at radius 1 is 1.28 bits per heavy atom. The number of aromatic nitrogens is 2. The molecule has 3 aromatic rings. The number of halogens is 1. The molecule has 18 heavy (non-hydrogen) atoms. The van der Waals surface area contributed by atoms with Gasteiger partial charge in [-0.25, -0.2) is 9.37 Å². The fourth-order valence-electron chi connectivity index (χ4n) is 2.06. The van der Waals surface area contributed by atoms with E-state index in [9.17, 15) is 4.39 Å². The molecule has 0 saturated heterocycles. The summed E-state index contributed by atoms with van der Waals surface area (Å²) in [6.45, 7) is 4.85. The number of hydrogen-bond donors (Lipinski definition) is 0. The highest BCUT2D eigenvalue weighted by atomic mass is 32.1. The van der Waals surface area contributed by atoms with Crippen molar-refractivity contribution in [1.82, 2.24) is 9.55 Å². The normalized spacial score (nSPS) is 11.3. The van der Waals surface area contributed by atoms with Crippen molar-refractivity contribution < 1.29 is 4.39 Å². The monoisotopic (exact) mass is 260 g/mol. The van der Waals surface area contributed by atoms with E-state index in [0.29, 0.717) is 0 Å². The van der Waals surface area contributed by atoms with Gasteiger partial charge in [0, 0.05) is 22.0 Å². The molecule has 0 saturated carbocycles. The van der Waals surface area contributed by atoms with Crippen molar-refractivity contribution in [1.29, 1.82) is 0 Å². The van der Waals surface area contributed by atoms with Gasteiger partial charge < -0.3 is 4.57 Å². The lowest BCUT2D eigenvalue weighted by atomic mass is 10.2. The number of thiazole rings is 1. The Balaban J connectivity index is 2.00. The average Bonchev–Trinajstić information content (AvgIpc) is 2.84. The van der Waals surface area contributed by atoms with Gasteiger partial charge in [0.25, 0.3) is 0 Å². The molecule has 2 heterocycles. The Morgan fingerprint density at radius 3 is 2.83 bits per heavy atom. The lowest BCUT2D eigenvalue weighted by Crippen LogP contribution is -1.97. The molecule has 0 aliphatic carbocycles. The van der Waals surface area contributed by atoms with Crippen LogP contribution in [0.25, 0.3) is 10.9 Å². The van der Waals surface area contributed by atoms with Gasteiger partial charge in [0.1, 0.15) is 10.8 Å². The molecule has 3 rings (SSSR count). The first-order valence-corrected chi connectivity index (χ1v) is 6.62. The van der Waals surface area contributed by atoms with Gasteiger partial charge in [-0.15, -0.1) is 11.3 Å². The van der Waals surface area contributed by atoms with Crippen LogP contribution in [0.15, 0.2) is 30.5 Å². The van der Waals surface area contributed by atoms with E-state index in [-0.39, 0.29) is 5.82 Å². The second-order valence-electron chi connectivity index (χ2n) is 4.40. The van der Waals surface area contributed by atoms with E-state index in [4.69, 9.17) is 0 Å². The Hall–Kier alpha value is -1.68. The van der Waals surface area contributed by atoms with Gasteiger partial charge in [0.05, 0.1) is 12.2 Å². The highest BCUT2D eigenvalue weighted by Crippen LogP contribution is 2.21. The summed E-state index contributed by atoms with van der Waals surface area (Å²) >= 11 is 1.72. The molecule has 1 aromatic carbocycles. The van der Waals surface area contributed by atoms with Crippen LogP contribution in [0.1, 0.15) is 15.6 Å². The van der Waals surface area contributed by atoms with Gasteiger partial charge in [-0.1, -0.05) is 0 Å². The predicted molar refractivity (Wildman–Crippen MR) is 72.6 cm³/mol. The Bertz CT molecular complexity index is 692. The Kier molecular flexibility index (Phi) is 2.67. The maximum atomic E-state index is 13.1. The van der Waals surface area contributed by atoms with Gasteiger partial charge in [0.2, 0.25) is 0 Å². The van der Waals surface area contributed by atoms with Crippen molar-refractivity contribution >= 4 is 22.2 Å². The largest absolute Gasteiger partial charge is 0.341 e. The van der Waals surface area contributed by atoms with Crippen LogP contribution in [0.2, 0.25) is 0 Å². The summed E-state index contributed by atoms with van der Waals surface area (Å²) in [5, 5.41) is 2.02. The Labute approximate surface area is 109 Å². The first kappa shape index (κ1) is 11.4. The maximum Gasteiger partial charge on any atom is 0.123 e. The van der Waals surface area contributed by atoms with Crippen LogP contribution in [0.3, 0.4) is 0 Å². The molecule has 4 heteroatoms. The first-order valence-electron chi connectivity index (χ1n) is 5.81. The molecule has 0 spiro atoms. The third kappa shape index (κ3) is 1.93. The number of fused-ring (bicyclic) bond motifs is 1. The van der Waals surface area contributed by atoms with Crippen LogP contribution in [-0.2, 0) is 6.54 Å². The highest BCUT2D eigenvalue weighted by Gasteiger charge is 2.07. The van der Waals surface area contributed by atoms with E-state index in [1.807, 2.05) is 25.3 Å². The van der Waals surface area contributed by atoms with Crippen molar-refractivity contribution in [2.75, 3.05) is 0 Å².